The normalized spacial score (nSPS) is 15.7. The molecule has 0 spiro atoms. The smallest absolute Gasteiger partial charge is 0.227 e. The number of hydrogen-bond acceptors (Lipinski definition) is 4. The molecule has 1 fully saturated rings. The summed E-state index contributed by atoms with van der Waals surface area (Å²) in [6.07, 6.45) is 3.75. The second-order valence-corrected chi connectivity index (χ2v) is 7.14. The van der Waals surface area contributed by atoms with Crippen molar-refractivity contribution in [2.75, 3.05) is 20.2 Å². The van der Waals surface area contributed by atoms with Crippen molar-refractivity contribution in [1.82, 2.24) is 15.2 Å². The van der Waals surface area contributed by atoms with Crippen molar-refractivity contribution < 1.29 is 14.3 Å². The molecule has 1 aliphatic heterocycles. The van der Waals surface area contributed by atoms with E-state index < -0.39 is 0 Å². The maximum atomic E-state index is 12.7. The third-order valence-electron chi connectivity index (χ3n) is 5.26. The maximum Gasteiger partial charge on any atom is 0.227 e. The van der Waals surface area contributed by atoms with E-state index in [0.717, 1.165) is 29.8 Å². The third kappa shape index (κ3) is 4.88. The summed E-state index contributed by atoms with van der Waals surface area (Å²) in [5.41, 5.74) is 1.78. The maximum absolute atomic E-state index is 12.7. The van der Waals surface area contributed by atoms with Gasteiger partial charge in [-0.25, -0.2) is 0 Å². The highest BCUT2D eigenvalue weighted by Crippen LogP contribution is 2.30. The summed E-state index contributed by atoms with van der Waals surface area (Å²) in [7, 11) is 1.62. The lowest BCUT2D eigenvalue weighted by Gasteiger charge is -2.36. The average molecular weight is 381 g/mol. The highest BCUT2D eigenvalue weighted by Gasteiger charge is 2.30. The molecule has 1 unspecified atom stereocenters. The van der Waals surface area contributed by atoms with E-state index in [-0.39, 0.29) is 23.8 Å². The number of para-hydroxylation sites is 1. The number of aromatic nitrogens is 1. The number of nitrogens with one attached hydrogen (secondary N) is 1. The van der Waals surface area contributed by atoms with Gasteiger partial charge in [0.05, 0.1) is 25.3 Å². The van der Waals surface area contributed by atoms with Gasteiger partial charge in [-0.05, 0) is 37.0 Å². The van der Waals surface area contributed by atoms with E-state index in [4.69, 9.17) is 4.74 Å². The first-order valence-electron chi connectivity index (χ1n) is 9.66. The molecule has 2 heterocycles. The summed E-state index contributed by atoms with van der Waals surface area (Å²) < 4.78 is 5.35. The Bertz CT molecular complexity index is 802. The van der Waals surface area contributed by atoms with Gasteiger partial charge in [-0.15, -0.1) is 0 Å². The number of hydrogen-bond donors (Lipinski definition) is 1. The van der Waals surface area contributed by atoms with E-state index in [0.29, 0.717) is 19.5 Å². The fourth-order valence-corrected chi connectivity index (χ4v) is 3.82. The third-order valence-corrected chi connectivity index (χ3v) is 5.26. The molecule has 1 saturated heterocycles. The number of ether oxygens (including phenoxy) is 1. The highest BCUT2D eigenvalue weighted by atomic mass is 16.5. The van der Waals surface area contributed by atoms with Crippen molar-refractivity contribution in [2.24, 2.45) is 5.92 Å². The molecule has 2 aromatic rings. The summed E-state index contributed by atoms with van der Waals surface area (Å²) in [6.45, 7) is 2.89. The van der Waals surface area contributed by atoms with Crippen LogP contribution in [0.4, 0.5) is 0 Å². The van der Waals surface area contributed by atoms with Gasteiger partial charge in [0.2, 0.25) is 11.8 Å². The minimum atomic E-state index is -0.120. The molecule has 1 aliphatic rings. The molecular weight excluding hydrogens is 354 g/mol. The predicted octanol–water partition coefficient (Wildman–Crippen LogP) is 2.75. The van der Waals surface area contributed by atoms with Crippen molar-refractivity contribution in [3.8, 4) is 5.75 Å². The van der Waals surface area contributed by atoms with E-state index in [1.807, 2.05) is 47.4 Å². The summed E-state index contributed by atoms with van der Waals surface area (Å²) >= 11 is 0. The molecule has 1 N–H and O–H groups in total. The second kappa shape index (κ2) is 9.35. The topological polar surface area (TPSA) is 71.5 Å². The zero-order chi connectivity index (χ0) is 19.9. The molecule has 6 nitrogen and oxygen atoms in total. The van der Waals surface area contributed by atoms with Crippen molar-refractivity contribution >= 4 is 11.8 Å². The first kappa shape index (κ1) is 19.9. The number of benzene rings is 1. The molecule has 6 heteroatoms. The number of nitrogens with zero attached hydrogens (tertiary/aromatic N) is 2. The number of carbonyl (C=O) groups excluding carboxylic acids is 2. The highest BCUT2D eigenvalue weighted by molar-refractivity contribution is 5.79. The van der Waals surface area contributed by atoms with E-state index in [2.05, 4.69) is 10.3 Å². The van der Waals surface area contributed by atoms with Crippen molar-refractivity contribution in [2.45, 2.75) is 32.2 Å². The Labute approximate surface area is 165 Å². The molecule has 0 bridgehead atoms. The molecule has 0 radical (unpaired) electrons. The minimum Gasteiger partial charge on any atom is -0.496 e. The molecule has 2 amide bonds. The van der Waals surface area contributed by atoms with Crippen LogP contribution in [0.2, 0.25) is 0 Å². The van der Waals surface area contributed by atoms with Gasteiger partial charge in [-0.3, -0.25) is 14.6 Å². The summed E-state index contributed by atoms with van der Waals surface area (Å²) in [5, 5.41) is 3.04. The van der Waals surface area contributed by atoms with Gasteiger partial charge in [-0.1, -0.05) is 24.3 Å². The summed E-state index contributed by atoms with van der Waals surface area (Å²) in [6, 6.07) is 13.2. The van der Waals surface area contributed by atoms with E-state index >= 15 is 0 Å². The zero-order valence-electron chi connectivity index (χ0n) is 16.4. The number of carbonyl (C=O) groups is 2. The Balaban J connectivity index is 1.62. The van der Waals surface area contributed by atoms with Gasteiger partial charge in [0.25, 0.3) is 0 Å². The van der Waals surface area contributed by atoms with Crippen LogP contribution in [-0.4, -0.2) is 41.9 Å². The molecule has 148 valence electrons. The monoisotopic (exact) mass is 381 g/mol. The molecule has 0 saturated carbocycles. The number of rotatable bonds is 6. The Morgan fingerprint density at radius 2 is 1.89 bits per heavy atom. The number of pyridine rings is 1. The Kier molecular flexibility index (Phi) is 6.63. The van der Waals surface area contributed by atoms with Crippen LogP contribution in [0.15, 0.2) is 48.7 Å². The largest absolute Gasteiger partial charge is 0.496 e. The summed E-state index contributed by atoms with van der Waals surface area (Å²) in [5.74, 6) is 1.04. The van der Waals surface area contributed by atoms with Crippen molar-refractivity contribution in [3.05, 3.63) is 59.9 Å². The lowest BCUT2D eigenvalue weighted by molar-refractivity contribution is -0.132. The van der Waals surface area contributed by atoms with Crippen LogP contribution in [0.1, 0.15) is 37.1 Å². The average Bonchev–Trinajstić information content (AvgIpc) is 2.73. The lowest BCUT2D eigenvalue weighted by atomic mass is 9.87. The van der Waals surface area contributed by atoms with Crippen LogP contribution >= 0.6 is 0 Å². The van der Waals surface area contributed by atoms with Crippen LogP contribution in [-0.2, 0) is 16.0 Å². The number of methoxy groups -OCH3 is 1. The van der Waals surface area contributed by atoms with Crippen molar-refractivity contribution in [1.29, 1.82) is 0 Å². The fourth-order valence-electron chi connectivity index (χ4n) is 3.82. The lowest BCUT2D eigenvalue weighted by Crippen LogP contribution is -2.43. The predicted molar refractivity (Wildman–Crippen MR) is 107 cm³/mol. The van der Waals surface area contributed by atoms with Crippen LogP contribution in [0.3, 0.4) is 0 Å². The number of likely N-dealkylation sites (tertiary alicyclic amines) is 1. The SMILES string of the molecule is COc1ccccc1CC(=O)N1CCC(C(NC(C)=O)c2ccccn2)CC1. The first-order chi connectivity index (χ1) is 13.6. The second-order valence-electron chi connectivity index (χ2n) is 7.14. The van der Waals surface area contributed by atoms with Crippen LogP contribution in [0.5, 0.6) is 5.75 Å². The van der Waals surface area contributed by atoms with Crippen LogP contribution in [0.25, 0.3) is 0 Å². The van der Waals surface area contributed by atoms with E-state index in [1.165, 1.54) is 6.92 Å². The molecule has 1 atom stereocenters. The zero-order valence-corrected chi connectivity index (χ0v) is 16.4. The number of amides is 2. The van der Waals surface area contributed by atoms with Crippen molar-refractivity contribution in [3.63, 3.8) is 0 Å². The van der Waals surface area contributed by atoms with E-state index in [9.17, 15) is 9.59 Å². The molecule has 3 rings (SSSR count). The quantitative estimate of drug-likeness (QED) is 0.835. The Morgan fingerprint density at radius 1 is 1.18 bits per heavy atom. The minimum absolute atomic E-state index is 0.0645. The van der Waals surface area contributed by atoms with Gasteiger partial charge >= 0.3 is 0 Å². The standard InChI is InChI=1S/C22H27N3O3/c1-16(26)24-22(19-8-5-6-12-23-19)17-10-13-25(14-11-17)21(27)15-18-7-3-4-9-20(18)28-2/h3-9,12,17,22H,10-11,13-15H2,1-2H3,(H,24,26). The first-order valence-corrected chi connectivity index (χ1v) is 9.66. The number of piperidine rings is 1. The van der Waals surface area contributed by atoms with Crippen LogP contribution < -0.4 is 10.1 Å². The Hall–Kier alpha value is -2.89. The molecule has 1 aromatic carbocycles. The molecule has 0 aliphatic carbocycles. The Morgan fingerprint density at radius 3 is 2.54 bits per heavy atom. The van der Waals surface area contributed by atoms with Crippen LogP contribution in [0, 0.1) is 5.92 Å². The van der Waals surface area contributed by atoms with Gasteiger partial charge < -0.3 is 15.0 Å². The van der Waals surface area contributed by atoms with Gasteiger partial charge in [0, 0.05) is 31.8 Å². The molecule has 1 aromatic heterocycles. The van der Waals surface area contributed by atoms with Gasteiger partial charge in [0.15, 0.2) is 0 Å². The van der Waals surface area contributed by atoms with Gasteiger partial charge in [0.1, 0.15) is 5.75 Å². The van der Waals surface area contributed by atoms with E-state index in [1.54, 1.807) is 13.3 Å². The van der Waals surface area contributed by atoms with Gasteiger partial charge in [-0.2, -0.15) is 0 Å². The molecule has 28 heavy (non-hydrogen) atoms. The summed E-state index contributed by atoms with van der Waals surface area (Å²) in [4.78, 5) is 30.8. The molecular formula is C22H27N3O3. The fraction of sp³-hybridized carbons (Fsp3) is 0.409.